The number of hydrogen-bond acceptors (Lipinski definition) is 5. The van der Waals surface area contributed by atoms with E-state index < -0.39 is 5.60 Å². The first-order valence-corrected chi connectivity index (χ1v) is 9.38. The van der Waals surface area contributed by atoms with Crippen LogP contribution in [-0.2, 0) is 11.3 Å². The Kier molecular flexibility index (Phi) is 5.61. The van der Waals surface area contributed by atoms with Crippen molar-refractivity contribution in [1.82, 2.24) is 9.80 Å². The summed E-state index contributed by atoms with van der Waals surface area (Å²) in [5, 5.41) is 0. The second-order valence-electron chi connectivity index (χ2n) is 8.12. The molecule has 0 aromatic heterocycles. The van der Waals surface area contributed by atoms with E-state index in [4.69, 9.17) is 14.2 Å². The Morgan fingerprint density at radius 1 is 1.19 bits per heavy atom. The predicted octanol–water partition coefficient (Wildman–Crippen LogP) is 3.29. The molecule has 26 heavy (non-hydrogen) atoms. The minimum Gasteiger partial charge on any atom is -0.486 e. The molecule has 0 atom stereocenters. The Balaban J connectivity index is 1.77. The zero-order chi connectivity index (χ0) is 18.7. The zero-order valence-corrected chi connectivity index (χ0v) is 16.3. The van der Waals surface area contributed by atoms with Crippen LogP contribution in [0.1, 0.15) is 39.2 Å². The molecule has 144 valence electrons. The largest absolute Gasteiger partial charge is 0.486 e. The van der Waals surface area contributed by atoms with E-state index in [1.54, 1.807) is 0 Å². The fraction of sp³-hybridized carbons (Fsp3) is 0.650. The number of hydrogen-bond donors (Lipinski definition) is 0. The standard InChI is InChI=1S/C20H30N2O4/c1-20(2,3)26-19(23)22(16-7-9-21(4)10-8-16)14-15-5-6-17-18(13-15)25-12-11-24-17/h5-6,13,16H,7-12,14H2,1-4H3. The molecule has 2 heterocycles. The number of carbonyl (C=O) groups excluding carboxylic acids is 1. The molecule has 0 spiro atoms. The number of benzene rings is 1. The van der Waals surface area contributed by atoms with E-state index in [0.717, 1.165) is 43.0 Å². The van der Waals surface area contributed by atoms with Gasteiger partial charge in [0, 0.05) is 12.6 Å². The molecule has 6 heteroatoms. The van der Waals surface area contributed by atoms with Crippen LogP contribution in [0.3, 0.4) is 0 Å². The van der Waals surface area contributed by atoms with Crippen LogP contribution in [0.5, 0.6) is 11.5 Å². The molecule has 1 aromatic carbocycles. The molecule has 2 aliphatic heterocycles. The van der Waals surface area contributed by atoms with Gasteiger partial charge < -0.3 is 24.0 Å². The van der Waals surface area contributed by atoms with Crippen molar-refractivity contribution in [3.05, 3.63) is 23.8 Å². The molecule has 2 aliphatic rings. The number of carbonyl (C=O) groups is 1. The van der Waals surface area contributed by atoms with Crippen molar-refractivity contribution in [1.29, 1.82) is 0 Å². The first-order valence-electron chi connectivity index (χ1n) is 9.38. The van der Waals surface area contributed by atoms with Crippen LogP contribution in [-0.4, -0.2) is 60.9 Å². The van der Waals surface area contributed by atoms with Gasteiger partial charge in [-0.1, -0.05) is 6.07 Å². The Bertz CT molecular complexity index is 633. The number of amides is 1. The highest BCUT2D eigenvalue weighted by atomic mass is 16.6. The topological polar surface area (TPSA) is 51.2 Å². The van der Waals surface area contributed by atoms with Crippen LogP contribution >= 0.6 is 0 Å². The molecule has 0 bridgehead atoms. The minimum absolute atomic E-state index is 0.189. The van der Waals surface area contributed by atoms with Gasteiger partial charge in [0.15, 0.2) is 11.5 Å². The number of ether oxygens (including phenoxy) is 3. The second-order valence-corrected chi connectivity index (χ2v) is 8.12. The van der Waals surface area contributed by atoms with E-state index in [-0.39, 0.29) is 12.1 Å². The third-order valence-corrected chi connectivity index (χ3v) is 4.72. The van der Waals surface area contributed by atoms with Gasteiger partial charge in [-0.3, -0.25) is 0 Å². The van der Waals surface area contributed by atoms with Crippen molar-refractivity contribution < 1.29 is 19.0 Å². The molecule has 1 saturated heterocycles. The van der Waals surface area contributed by atoms with Gasteiger partial charge >= 0.3 is 6.09 Å². The van der Waals surface area contributed by atoms with Crippen molar-refractivity contribution >= 4 is 6.09 Å². The molecule has 0 radical (unpaired) electrons. The van der Waals surface area contributed by atoms with Crippen molar-refractivity contribution in [2.45, 2.75) is 51.8 Å². The maximum Gasteiger partial charge on any atom is 0.410 e. The number of likely N-dealkylation sites (tertiary alicyclic amines) is 1. The Labute approximate surface area is 156 Å². The molecule has 0 unspecified atom stereocenters. The summed E-state index contributed by atoms with van der Waals surface area (Å²) in [4.78, 5) is 17.0. The van der Waals surface area contributed by atoms with E-state index in [9.17, 15) is 4.79 Å². The molecular weight excluding hydrogens is 332 g/mol. The third-order valence-electron chi connectivity index (χ3n) is 4.72. The van der Waals surface area contributed by atoms with Gasteiger partial charge in [-0.15, -0.1) is 0 Å². The summed E-state index contributed by atoms with van der Waals surface area (Å²) in [5.41, 5.74) is 0.521. The lowest BCUT2D eigenvalue weighted by molar-refractivity contribution is 0.00685. The van der Waals surface area contributed by atoms with Gasteiger partial charge in [-0.05, 0) is 71.4 Å². The summed E-state index contributed by atoms with van der Waals surface area (Å²) in [6.45, 7) is 9.34. The highest BCUT2D eigenvalue weighted by molar-refractivity contribution is 5.68. The van der Waals surface area contributed by atoms with Crippen molar-refractivity contribution in [2.75, 3.05) is 33.4 Å². The van der Waals surface area contributed by atoms with Crippen LogP contribution in [0.2, 0.25) is 0 Å². The molecule has 1 fully saturated rings. The first-order chi connectivity index (χ1) is 12.3. The quantitative estimate of drug-likeness (QED) is 0.826. The molecule has 1 aromatic rings. The third kappa shape index (κ3) is 4.81. The SMILES string of the molecule is CN1CCC(N(Cc2ccc3c(c2)OCCO3)C(=O)OC(C)(C)C)CC1. The summed E-state index contributed by atoms with van der Waals surface area (Å²) < 4.78 is 17.0. The first kappa shape index (κ1) is 18.8. The number of nitrogens with zero attached hydrogens (tertiary/aromatic N) is 2. The van der Waals surface area contributed by atoms with Crippen LogP contribution in [0, 0.1) is 0 Å². The predicted molar refractivity (Wildman–Crippen MR) is 99.7 cm³/mol. The lowest BCUT2D eigenvalue weighted by Crippen LogP contribution is -2.47. The summed E-state index contributed by atoms with van der Waals surface area (Å²) in [7, 11) is 2.12. The summed E-state index contributed by atoms with van der Waals surface area (Å²) in [5.74, 6) is 1.52. The maximum absolute atomic E-state index is 12.9. The molecular formula is C20H30N2O4. The van der Waals surface area contributed by atoms with Gasteiger partial charge in [-0.25, -0.2) is 4.79 Å². The molecule has 0 aliphatic carbocycles. The lowest BCUT2D eigenvalue weighted by Gasteiger charge is -2.38. The Morgan fingerprint density at radius 2 is 1.85 bits per heavy atom. The van der Waals surface area contributed by atoms with Gasteiger partial charge in [-0.2, -0.15) is 0 Å². The van der Waals surface area contributed by atoms with Gasteiger partial charge in [0.2, 0.25) is 0 Å². The van der Waals surface area contributed by atoms with E-state index in [0.29, 0.717) is 19.8 Å². The van der Waals surface area contributed by atoms with Crippen molar-refractivity contribution in [2.24, 2.45) is 0 Å². The van der Waals surface area contributed by atoms with E-state index in [1.165, 1.54) is 0 Å². The minimum atomic E-state index is -0.506. The van der Waals surface area contributed by atoms with Gasteiger partial charge in [0.1, 0.15) is 18.8 Å². The van der Waals surface area contributed by atoms with Crippen LogP contribution in [0.25, 0.3) is 0 Å². The van der Waals surface area contributed by atoms with Crippen LogP contribution in [0.4, 0.5) is 4.79 Å². The number of piperidine rings is 1. The monoisotopic (exact) mass is 362 g/mol. The normalized spacial score (nSPS) is 18.5. The fourth-order valence-electron chi connectivity index (χ4n) is 3.35. The molecule has 6 nitrogen and oxygen atoms in total. The molecule has 1 amide bonds. The van der Waals surface area contributed by atoms with E-state index >= 15 is 0 Å². The smallest absolute Gasteiger partial charge is 0.410 e. The maximum atomic E-state index is 12.9. The van der Waals surface area contributed by atoms with Crippen molar-refractivity contribution in [3.8, 4) is 11.5 Å². The Morgan fingerprint density at radius 3 is 2.50 bits per heavy atom. The fourth-order valence-corrected chi connectivity index (χ4v) is 3.35. The molecule has 0 saturated carbocycles. The lowest BCUT2D eigenvalue weighted by atomic mass is 10.0. The average molecular weight is 362 g/mol. The number of rotatable bonds is 3. The van der Waals surface area contributed by atoms with Gasteiger partial charge in [0.05, 0.1) is 0 Å². The molecule has 0 N–H and O–H groups in total. The summed E-state index contributed by atoms with van der Waals surface area (Å²) in [6, 6.07) is 6.08. The highest BCUT2D eigenvalue weighted by Gasteiger charge is 2.30. The second kappa shape index (κ2) is 7.74. The Hall–Kier alpha value is -1.95. The average Bonchev–Trinajstić information content (AvgIpc) is 2.59. The zero-order valence-electron chi connectivity index (χ0n) is 16.3. The summed E-state index contributed by atoms with van der Waals surface area (Å²) in [6.07, 6.45) is 1.67. The van der Waals surface area contributed by atoms with E-state index in [1.807, 2.05) is 43.9 Å². The van der Waals surface area contributed by atoms with Crippen LogP contribution < -0.4 is 9.47 Å². The van der Waals surface area contributed by atoms with Gasteiger partial charge in [0.25, 0.3) is 0 Å². The number of fused-ring (bicyclic) bond motifs is 1. The van der Waals surface area contributed by atoms with Crippen LogP contribution in [0.15, 0.2) is 18.2 Å². The summed E-state index contributed by atoms with van der Waals surface area (Å²) >= 11 is 0. The highest BCUT2D eigenvalue weighted by Crippen LogP contribution is 2.32. The van der Waals surface area contributed by atoms with Crippen molar-refractivity contribution in [3.63, 3.8) is 0 Å². The molecule has 3 rings (SSSR count). The van der Waals surface area contributed by atoms with E-state index in [2.05, 4.69) is 11.9 Å².